The van der Waals surface area contributed by atoms with Crippen molar-refractivity contribution in [2.24, 2.45) is 0 Å². The van der Waals surface area contributed by atoms with Crippen molar-refractivity contribution in [2.75, 3.05) is 0 Å². The van der Waals surface area contributed by atoms with Crippen LogP contribution >= 0.6 is 0 Å². The summed E-state index contributed by atoms with van der Waals surface area (Å²) >= 11 is 0. The van der Waals surface area contributed by atoms with E-state index in [-0.39, 0.29) is 5.90 Å². The number of ether oxygens (including phenoxy) is 1. The monoisotopic (exact) mass is 163 g/mol. The Labute approximate surface area is 72.7 Å². The molecule has 2 nitrogen and oxygen atoms in total. The van der Waals surface area contributed by atoms with Crippen LogP contribution in [0.15, 0.2) is 24.3 Å². The van der Waals surface area contributed by atoms with E-state index in [1.807, 2.05) is 24.3 Å². The van der Waals surface area contributed by atoms with Gasteiger partial charge in [0.15, 0.2) is 5.90 Å². The third-order valence-electron chi connectivity index (χ3n) is 1.62. The van der Waals surface area contributed by atoms with Gasteiger partial charge in [0.2, 0.25) is 0 Å². The summed E-state index contributed by atoms with van der Waals surface area (Å²) in [7, 11) is 0. The van der Waals surface area contributed by atoms with Gasteiger partial charge in [0.1, 0.15) is 5.75 Å². The van der Waals surface area contributed by atoms with Crippen molar-refractivity contribution < 1.29 is 4.74 Å². The van der Waals surface area contributed by atoms with Gasteiger partial charge in [-0.2, -0.15) is 0 Å². The van der Waals surface area contributed by atoms with E-state index in [0.29, 0.717) is 0 Å². The first-order valence-electron chi connectivity index (χ1n) is 4.05. The lowest BCUT2D eigenvalue weighted by Gasteiger charge is -2.07. The maximum absolute atomic E-state index is 7.18. The zero-order valence-corrected chi connectivity index (χ0v) is 7.42. The molecule has 1 aromatic rings. The molecule has 0 amide bonds. The van der Waals surface area contributed by atoms with Crippen LogP contribution < -0.4 is 4.74 Å². The normalized spacial score (nSPS) is 9.50. The molecule has 0 unspecified atom stereocenters. The van der Waals surface area contributed by atoms with Gasteiger partial charge in [0.25, 0.3) is 0 Å². The Balaban J connectivity index is 2.89. The molecule has 64 valence electrons. The summed E-state index contributed by atoms with van der Waals surface area (Å²) in [5.41, 5.74) is 1.14. The van der Waals surface area contributed by atoms with Crippen LogP contribution in [0.1, 0.15) is 19.4 Å². The molecule has 0 aliphatic carbocycles. The summed E-state index contributed by atoms with van der Waals surface area (Å²) in [6.07, 6.45) is 0.934. The summed E-state index contributed by atoms with van der Waals surface area (Å²) in [6.45, 7) is 3.70. The summed E-state index contributed by atoms with van der Waals surface area (Å²) in [4.78, 5) is 0. The van der Waals surface area contributed by atoms with Crippen LogP contribution in [0.4, 0.5) is 0 Å². The molecule has 1 aromatic carbocycles. The highest BCUT2D eigenvalue weighted by atomic mass is 16.5. The van der Waals surface area contributed by atoms with Crippen LogP contribution in [-0.2, 0) is 6.42 Å². The zero-order valence-electron chi connectivity index (χ0n) is 7.42. The van der Waals surface area contributed by atoms with Crippen molar-refractivity contribution in [3.8, 4) is 5.75 Å². The molecule has 0 fully saturated rings. The van der Waals surface area contributed by atoms with E-state index < -0.39 is 0 Å². The number of aryl methyl sites for hydroxylation is 1. The number of rotatable bonds is 2. The lowest BCUT2D eigenvalue weighted by Crippen LogP contribution is -2.02. The Morgan fingerprint density at radius 1 is 1.42 bits per heavy atom. The molecule has 0 aromatic heterocycles. The van der Waals surface area contributed by atoms with Crippen LogP contribution in [0.3, 0.4) is 0 Å². The average Bonchev–Trinajstić information content (AvgIpc) is 2.04. The quantitative estimate of drug-likeness (QED) is 0.527. The van der Waals surface area contributed by atoms with Gasteiger partial charge in [-0.25, -0.2) is 0 Å². The SMILES string of the molecule is CCc1ccccc1OC(C)=N. The average molecular weight is 163 g/mol. The third kappa shape index (κ3) is 2.09. The molecule has 0 aliphatic heterocycles. The van der Waals surface area contributed by atoms with E-state index in [1.54, 1.807) is 6.92 Å². The summed E-state index contributed by atoms with van der Waals surface area (Å²) in [6, 6.07) is 7.79. The molecular formula is C10H13NO. The zero-order chi connectivity index (χ0) is 8.97. The molecule has 0 atom stereocenters. The van der Waals surface area contributed by atoms with Gasteiger partial charge in [0.05, 0.1) is 0 Å². The Kier molecular flexibility index (Phi) is 2.86. The second kappa shape index (κ2) is 3.90. The van der Waals surface area contributed by atoms with Gasteiger partial charge in [-0.15, -0.1) is 0 Å². The molecule has 1 rings (SSSR count). The van der Waals surface area contributed by atoms with Crippen molar-refractivity contribution in [2.45, 2.75) is 20.3 Å². The highest BCUT2D eigenvalue weighted by Crippen LogP contribution is 2.18. The Morgan fingerprint density at radius 3 is 2.67 bits per heavy atom. The molecule has 12 heavy (non-hydrogen) atoms. The maximum atomic E-state index is 7.18. The topological polar surface area (TPSA) is 33.1 Å². The Hall–Kier alpha value is -1.31. The fourth-order valence-corrected chi connectivity index (χ4v) is 1.06. The third-order valence-corrected chi connectivity index (χ3v) is 1.62. The molecule has 0 bridgehead atoms. The minimum absolute atomic E-state index is 0.232. The van der Waals surface area contributed by atoms with Gasteiger partial charge >= 0.3 is 0 Å². The van der Waals surface area contributed by atoms with Gasteiger partial charge in [-0.3, -0.25) is 5.41 Å². The van der Waals surface area contributed by atoms with Crippen LogP contribution in [0, 0.1) is 5.41 Å². The molecule has 0 heterocycles. The number of hydrogen-bond acceptors (Lipinski definition) is 2. The highest BCUT2D eigenvalue weighted by Gasteiger charge is 2.00. The van der Waals surface area contributed by atoms with Crippen LogP contribution in [0.5, 0.6) is 5.75 Å². The van der Waals surface area contributed by atoms with Crippen molar-refractivity contribution in [3.63, 3.8) is 0 Å². The number of nitrogens with one attached hydrogen (secondary N) is 1. The lowest BCUT2D eigenvalue weighted by atomic mass is 10.1. The summed E-state index contributed by atoms with van der Waals surface area (Å²) in [5, 5.41) is 7.18. The largest absolute Gasteiger partial charge is 0.444 e. The number of benzene rings is 1. The molecule has 2 heteroatoms. The smallest absolute Gasteiger partial charge is 0.184 e. The first-order valence-corrected chi connectivity index (χ1v) is 4.05. The van der Waals surface area contributed by atoms with Gasteiger partial charge in [0, 0.05) is 6.92 Å². The van der Waals surface area contributed by atoms with Gasteiger partial charge in [-0.1, -0.05) is 25.1 Å². The molecule has 0 saturated heterocycles. The maximum Gasteiger partial charge on any atom is 0.184 e. The molecule has 1 N–H and O–H groups in total. The predicted molar refractivity (Wildman–Crippen MR) is 49.8 cm³/mol. The fraction of sp³-hybridized carbons (Fsp3) is 0.300. The molecule has 0 radical (unpaired) electrons. The van der Waals surface area contributed by atoms with E-state index in [4.69, 9.17) is 10.1 Å². The molecule has 0 spiro atoms. The van der Waals surface area contributed by atoms with Crippen LogP contribution in [0.25, 0.3) is 0 Å². The van der Waals surface area contributed by atoms with Crippen molar-refractivity contribution in [1.29, 1.82) is 5.41 Å². The van der Waals surface area contributed by atoms with E-state index in [0.717, 1.165) is 17.7 Å². The molecular weight excluding hydrogens is 150 g/mol. The minimum atomic E-state index is 0.232. The first-order chi connectivity index (χ1) is 5.74. The molecule has 0 saturated carbocycles. The van der Waals surface area contributed by atoms with E-state index in [2.05, 4.69) is 6.92 Å². The van der Waals surface area contributed by atoms with E-state index in [1.165, 1.54) is 0 Å². The summed E-state index contributed by atoms with van der Waals surface area (Å²) in [5.74, 6) is 1.03. The molecule has 0 aliphatic rings. The minimum Gasteiger partial charge on any atom is -0.444 e. The van der Waals surface area contributed by atoms with E-state index >= 15 is 0 Å². The second-order valence-electron chi connectivity index (χ2n) is 2.62. The van der Waals surface area contributed by atoms with Crippen molar-refractivity contribution in [1.82, 2.24) is 0 Å². The second-order valence-corrected chi connectivity index (χ2v) is 2.62. The fourth-order valence-electron chi connectivity index (χ4n) is 1.06. The predicted octanol–water partition coefficient (Wildman–Crippen LogP) is 2.62. The number of hydrogen-bond donors (Lipinski definition) is 1. The first kappa shape index (κ1) is 8.78. The number of para-hydroxylation sites is 1. The Morgan fingerprint density at radius 2 is 2.08 bits per heavy atom. The van der Waals surface area contributed by atoms with Gasteiger partial charge in [-0.05, 0) is 18.1 Å². The van der Waals surface area contributed by atoms with Crippen molar-refractivity contribution in [3.05, 3.63) is 29.8 Å². The van der Waals surface area contributed by atoms with Crippen molar-refractivity contribution >= 4 is 5.90 Å². The highest BCUT2D eigenvalue weighted by molar-refractivity contribution is 5.72. The Bertz CT molecular complexity index is 281. The standard InChI is InChI=1S/C10H13NO/c1-3-9-6-4-5-7-10(9)12-8(2)11/h4-7,11H,3H2,1-2H3. The van der Waals surface area contributed by atoms with Gasteiger partial charge < -0.3 is 4.74 Å². The van der Waals surface area contributed by atoms with E-state index in [9.17, 15) is 0 Å². The summed E-state index contributed by atoms with van der Waals surface area (Å²) < 4.78 is 5.22. The lowest BCUT2D eigenvalue weighted by molar-refractivity contribution is 0.534. The van der Waals surface area contributed by atoms with Crippen LogP contribution in [0.2, 0.25) is 0 Å². The van der Waals surface area contributed by atoms with Crippen LogP contribution in [-0.4, -0.2) is 5.90 Å².